The molecule has 0 saturated heterocycles. The number of nitrogens with one attached hydrogen (secondary N) is 1. The van der Waals surface area contributed by atoms with Crippen LogP contribution >= 0.6 is 7.82 Å². The number of phosphoric ester groups is 1. The molecule has 0 aliphatic heterocycles. The summed E-state index contributed by atoms with van der Waals surface area (Å²) >= 11 is 0. The van der Waals surface area contributed by atoms with E-state index in [4.69, 9.17) is 13.8 Å². The first-order chi connectivity index (χ1) is 28.8. The molecule has 0 saturated carbocycles. The second-order valence-electron chi connectivity index (χ2n) is 13.5. The van der Waals surface area contributed by atoms with Crippen molar-refractivity contribution in [2.24, 2.45) is 0 Å². The van der Waals surface area contributed by atoms with Crippen molar-refractivity contribution in [1.29, 1.82) is 0 Å². The quantitative estimate of drug-likeness (QED) is 0.0242. The summed E-state index contributed by atoms with van der Waals surface area (Å²) < 4.78 is 26.8. The minimum absolute atomic E-state index is 0.0453. The van der Waals surface area contributed by atoms with Gasteiger partial charge >= 0.3 is 13.8 Å². The van der Waals surface area contributed by atoms with Gasteiger partial charge in [0.05, 0.1) is 13.2 Å². The van der Waals surface area contributed by atoms with Gasteiger partial charge in [0.1, 0.15) is 12.7 Å². The number of aliphatic hydroxyl groups is 1. The van der Waals surface area contributed by atoms with Gasteiger partial charge in [0, 0.05) is 19.4 Å². The van der Waals surface area contributed by atoms with Crippen LogP contribution in [0.2, 0.25) is 0 Å². The topological polar surface area (TPSA) is 131 Å². The summed E-state index contributed by atoms with van der Waals surface area (Å²) in [6.07, 6.45) is 61.1. The molecule has 0 heterocycles. The van der Waals surface area contributed by atoms with Crippen molar-refractivity contribution in [2.75, 3.05) is 26.4 Å². The second-order valence-corrected chi connectivity index (χ2v) is 15.0. The first-order valence-corrected chi connectivity index (χ1v) is 23.2. The van der Waals surface area contributed by atoms with E-state index >= 15 is 0 Å². The number of carbonyl (C=O) groups excluding carboxylic acids is 2. The Morgan fingerprint density at radius 3 is 1.37 bits per heavy atom. The number of carbonyl (C=O) groups is 2. The summed E-state index contributed by atoms with van der Waals surface area (Å²) in [5, 5.41) is 12.7. The van der Waals surface area contributed by atoms with E-state index < -0.39 is 26.5 Å². The van der Waals surface area contributed by atoms with Gasteiger partial charge in [-0.15, -0.1) is 0 Å². The van der Waals surface area contributed by atoms with Crippen LogP contribution in [-0.4, -0.2) is 54.3 Å². The van der Waals surface area contributed by atoms with Crippen molar-refractivity contribution in [3.63, 3.8) is 0 Å². The molecule has 0 spiro atoms. The number of hydrogen-bond acceptors (Lipinski definition) is 7. The minimum atomic E-state index is -4.46. The van der Waals surface area contributed by atoms with Crippen molar-refractivity contribution in [2.45, 2.75) is 136 Å². The van der Waals surface area contributed by atoms with Crippen LogP contribution in [0.1, 0.15) is 129 Å². The van der Waals surface area contributed by atoms with Crippen LogP contribution in [0.3, 0.4) is 0 Å². The zero-order valence-electron chi connectivity index (χ0n) is 36.1. The number of aliphatic hydroxyl groups excluding tert-OH is 1. The lowest BCUT2D eigenvalue weighted by Gasteiger charge is -2.15. The summed E-state index contributed by atoms with van der Waals surface area (Å²) in [4.78, 5) is 33.9. The van der Waals surface area contributed by atoms with Crippen LogP contribution in [0.15, 0.2) is 134 Å². The summed E-state index contributed by atoms with van der Waals surface area (Å²) in [6, 6.07) is 0. The van der Waals surface area contributed by atoms with E-state index in [2.05, 4.69) is 141 Å². The fourth-order valence-electron chi connectivity index (χ4n) is 4.90. The summed E-state index contributed by atoms with van der Waals surface area (Å²) in [6.45, 7) is 3.16. The van der Waals surface area contributed by atoms with E-state index in [1.807, 2.05) is 12.2 Å². The first-order valence-electron chi connectivity index (χ1n) is 21.7. The Bertz CT molecular complexity index is 1420. The third kappa shape index (κ3) is 45.1. The van der Waals surface area contributed by atoms with Crippen LogP contribution < -0.4 is 5.32 Å². The van der Waals surface area contributed by atoms with Gasteiger partial charge in [-0.25, -0.2) is 4.57 Å². The van der Waals surface area contributed by atoms with Crippen molar-refractivity contribution in [3.8, 4) is 0 Å². The number of phosphoric acid groups is 1. The molecule has 0 rings (SSSR count). The van der Waals surface area contributed by atoms with Gasteiger partial charge in [-0.2, -0.15) is 0 Å². The molecular weight excluding hydrogens is 762 g/mol. The van der Waals surface area contributed by atoms with Gasteiger partial charge < -0.3 is 20.1 Å². The lowest BCUT2D eigenvalue weighted by Crippen LogP contribution is -2.27. The van der Waals surface area contributed by atoms with E-state index in [-0.39, 0.29) is 32.1 Å². The Morgan fingerprint density at radius 1 is 0.525 bits per heavy atom. The number of ether oxygens (including phenoxy) is 1. The lowest BCUT2D eigenvalue weighted by atomic mass is 10.1. The molecule has 9 nitrogen and oxygen atoms in total. The van der Waals surface area contributed by atoms with Crippen LogP contribution in [0.5, 0.6) is 0 Å². The van der Waals surface area contributed by atoms with Gasteiger partial charge in [0.2, 0.25) is 5.91 Å². The second kappa shape index (κ2) is 43.7. The van der Waals surface area contributed by atoms with Crippen molar-refractivity contribution >= 4 is 19.7 Å². The van der Waals surface area contributed by atoms with Crippen LogP contribution in [0.4, 0.5) is 0 Å². The molecule has 330 valence electrons. The Labute approximate surface area is 357 Å². The maximum atomic E-state index is 12.1. The highest BCUT2D eigenvalue weighted by Crippen LogP contribution is 2.42. The molecule has 0 aromatic carbocycles. The normalized spacial score (nSPS) is 14.6. The smallest absolute Gasteiger partial charge is 0.463 e. The van der Waals surface area contributed by atoms with Crippen molar-refractivity contribution in [3.05, 3.63) is 134 Å². The third-order valence-electron chi connectivity index (χ3n) is 8.09. The fourth-order valence-corrected chi connectivity index (χ4v) is 5.66. The van der Waals surface area contributed by atoms with Crippen molar-refractivity contribution < 1.29 is 37.9 Å². The highest BCUT2D eigenvalue weighted by atomic mass is 31.2. The molecule has 10 heteroatoms. The van der Waals surface area contributed by atoms with E-state index in [0.29, 0.717) is 12.8 Å². The monoisotopic (exact) mass is 838 g/mol. The maximum absolute atomic E-state index is 12.1. The number of rotatable bonds is 38. The molecule has 0 aliphatic carbocycles. The predicted molar refractivity (Wildman–Crippen MR) is 247 cm³/mol. The number of unbranched alkanes of at least 4 members (excludes halogenated alkanes) is 3. The Hall–Kier alpha value is -3.85. The number of hydrogen-bond donors (Lipinski definition) is 3. The van der Waals surface area contributed by atoms with Crippen LogP contribution in [0, 0.1) is 0 Å². The number of amides is 1. The molecular formula is C49H76NO8P. The van der Waals surface area contributed by atoms with Gasteiger partial charge in [-0.1, -0.05) is 154 Å². The number of allylic oxidation sites excluding steroid dienone is 22. The van der Waals surface area contributed by atoms with Crippen molar-refractivity contribution in [1.82, 2.24) is 5.32 Å². The Balaban J connectivity index is 3.80. The third-order valence-corrected chi connectivity index (χ3v) is 9.07. The molecule has 0 radical (unpaired) electrons. The molecule has 2 atom stereocenters. The average molecular weight is 838 g/mol. The summed E-state index contributed by atoms with van der Waals surface area (Å²) in [5.41, 5.74) is 0. The molecule has 0 bridgehead atoms. The molecule has 1 amide bonds. The molecule has 2 unspecified atom stereocenters. The van der Waals surface area contributed by atoms with E-state index in [1.165, 1.54) is 0 Å². The summed E-state index contributed by atoms with van der Waals surface area (Å²) in [7, 11) is -4.46. The van der Waals surface area contributed by atoms with E-state index in [1.54, 1.807) is 0 Å². The van der Waals surface area contributed by atoms with Gasteiger partial charge in [-0.3, -0.25) is 18.6 Å². The first kappa shape index (κ1) is 55.2. The summed E-state index contributed by atoms with van der Waals surface area (Å²) in [5.74, 6) is -0.650. The van der Waals surface area contributed by atoms with Gasteiger partial charge in [0.25, 0.3) is 0 Å². The molecule has 59 heavy (non-hydrogen) atoms. The molecule has 0 aliphatic rings. The SMILES string of the molecule is CC/C=C\C/C=C\C/C=C\C/C=C\C/C=C\C/C=C\CCC(=O)OCC(O)COP(=O)(O)OCCNC(=O)CCCCC/C=C\C/C=C\C/C=C\C/C=C\C/C=C\CC. The van der Waals surface area contributed by atoms with E-state index in [9.17, 15) is 24.2 Å². The Morgan fingerprint density at radius 2 is 0.932 bits per heavy atom. The molecule has 0 aromatic rings. The fraction of sp³-hybridized carbons (Fsp3) is 0.510. The molecule has 0 fully saturated rings. The highest BCUT2D eigenvalue weighted by molar-refractivity contribution is 7.47. The molecule has 0 aromatic heterocycles. The zero-order valence-corrected chi connectivity index (χ0v) is 37.0. The predicted octanol–water partition coefficient (Wildman–Crippen LogP) is 12.3. The molecule has 3 N–H and O–H groups in total. The van der Waals surface area contributed by atoms with Gasteiger partial charge in [0.15, 0.2) is 0 Å². The van der Waals surface area contributed by atoms with Gasteiger partial charge in [-0.05, 0) is 96.3 Å². The minimum Gasteiger partial charge on any atom is -0.463 e. The Kier molecular flexibility index (Phi) is 40.9. The highest BCUT2D eigenvalue weighted by Gasteiger charge is 2.23. The number of esters is 1. The van der Waals surface area contributed by atoms with Crippen LogP contribution in [0.25, 0.3) is 0 Å². The maximum Gasteiger partial charge on any atom is 0.472 e. The zero-order chi connectivity index (χ0) is 43.2. The van der Waals surface area contributed by atoms with E-state index in [0.717, 1.165) is 96.3 Å². The average Bonchev–Trinajstić information content (AvgIpc) is 3.22. The lowest BCUT2D eigenvalue weighted by molar-refractivity contribution is -0.147. The largest absolute Gasteiger partial charge is 0.472 e. The van der Waals surface area contributed by atoms with Crippen LogP contribution in [-0.2, 0) is 27.9 Å². The standard InChI is InChI=1S/C49H76NO8P/c1-3-5-7-9-11-13-15-17-19-21-23-25-27-29-31-33-35-37-39-41-48(52)50-43-44-57-59(54,55)58-46-47(51)45-56-49(53)42-40-38-36-34-32-30-28-26-24-22-20-18-16-14-12-10-8-6-4-2/h5-8,11-14,17-20,23-26,29-32,36,38,47,51H,3-4,9-10,15-16,21-22,27-28,33-35,37,39-46H2,1-2H3,(H,50,52)(H,54,55)/b7-5-,8-6-,13-11-,14-12-,19-17-,20-18-,25-23-,26-24-,31-29-,32-30-,38-36-.